The Bertz CT molecular complexity index is 1030. The van der Waals surface area contributed by atoms with Gasteiger partial charge in [-0.25, -0.2) is 0 Å². The molecule has 3 aromatic rings. The van der Waals surface area contributed by atoms with Crippen molar-refractivity contribution in [3.05, 3.63) is 87.2 Å². The molecule has 0 bridgehead atoms. The molecule has 0 atom stereocenters. The van der Waals surface area contributed by atoms with Gasteiger partial charge in [0, 0.05) is 17.6 Å². The van der Waals surface area contributed by atoms with Crippen LogP contribution in [0.4, 0.5) is 0 Å². The van der Waals surface area contributed by atoms with Gasteiger partial charge in [-0.3, -0.25) is 4.79 Å². The fourth-order valence-corrected chi connectivity index (χ4v) is 3.90. The highest BCUT2D eigenvalue weighted by Crippen LogP contribution is 2.32. The summed E-state index contributed by atoms with van der Waals surface area (Å²) in [6.07, 6.45) is 2.33. The van der Waals surface area contributed by atoms with Crippen molar-refractivity contribution in [1.82, 2.24) is 9.88 Å². The van der Waals surface area contributed by atoms with Crippen LogP contribution in [0.2, 0.25) is 0 Å². The Morgan fingerprint density at radius 2 is 1.85 bits per heavy atom. The van der Waals surface area contributed by atoms with E-state index < -0.39 is 0 Å². The van der Waals surface area contributed by atoms with E-state index in [1.807, 2.05) is 19.1 Å². The maximum atomic E-state index is 11.9. The Kier molecular flexibility index (Phi) is 4.48. The number of aromatic amines is 1. The maximum absolute atomic E-state index is 11.9. The monoisotopic (exact) mass is 344 g/mol. The number of aryl methyl sites for hydroxylation is 1. The van der Waals surface area contributed by atoms with E-state index in [2.05, 4.69) is 59.4 Å². The molecule has 0 saturated carbocycles. The van der Waals surface area contributed by atoms with Crippen LogP contribution >= 0.6 is 0 Å². The number of hydrogen-bond donors (Lipinski definition) is 1. The highest BCUT2D eigenvalue weighted by Gasteiger charge is 2.17. The minimum Gasteiger partial charge on any atom is -0.322 e. The van der Waals surface area contributed by atoms with Crippen LogP contribution in [0.25, 0.3) is 16.5 Å². The zero-order valence-electron chi connectivity index (χ0n) is 15.4. The van der Waals surface area contributed by atoms with E-state index in [0.29, 0.717) is 0 Å². The number of H-pyrrole nitrogens is 1. The van der Waals surface area contributed by atoms with Crippen LogP contribution in [0.15, 0.2) is 65.0 Å². The summed E-state index contributed by atoms with van der Waals surface area (Å²) in [4.78, 5) is 17.3. The van der Waals surface area contributed by atoms with Gasteiger partial charge in [-0.2, -0.15) is 0 Å². The van der Waals surface area contributed by atoms with Crippen molar-refractivity contribution in [3.8, 4) is 0 Å². The molecule has 1 aliphatic heterocycles. The molecular weight excluding hydrogens is 320 g/mol. The Labute approximate surface area is 154 Å². The lowest BCUT2D eigenvalue weighted by atomic mass is 9.88. The molecule has 26 heavy (non-hydrogen) atoms. The van der Waals surface area contributed by atoms with Crippen molar-refractivity contribution >= 4 is 16.5 Å². The normalized spacial score (nSPS) is 17.5. The maximum Gasteiger partial charge on any atom is 0.251 e. The van der Waals surface area contributed by atoms with E-state index in [9.17, 15) is 4.79 Å². The lowest BCUT2D eigenvalue weighted by molar-refractivity contribution is 0.323. The largest absolute Gasteiger partial charge is 0.322 e. The van der Waals surface area contributed by atoms with Gasteiger partial charge in [-0.05, 0) is 79.2 Å². The number of likely N-dealkylation sites (N-methyl/N-ethyl adjacent to an activating group) is 1. The van der Waals surface area contributed by atoms with Crippen molar-refractivity contribution in [2.75, 3.05) is 20.1 Å². The van der Waals surface area contributed by atoms with E-state index >= 15 is 0 Å². The molecule has 0 aliphatic carbocycles. The third-order valence-electron chi connectivity index (χ3n) is 5.21. The first kappa shape index (κ1) is 16.8. The van der Waals surface area contributed by atoms with Gasteiger partial charge in [0.1, 0.15) is 0 Å². The summed E-state index contributed by atoms with van der Waals surface area (Å²) >= 11 is 0. The summed E-state index contributed by atoms with van der Waals surface area (Å²) in [5.41, 5.74) is 6.94. The zero-order valence-corrected chi connectivity index (χ0v) is 15.4. The predicted octanol–water partition coefficient (Wildman–Crippen LogP) is 4.36. The third kappa shape index (κ3) is 3.23. The summed E-state index contributed by atoms with van der Waals surface area (Å²) < 4.78 is 0. The second kappa shape index (κ2) is 6.93. The summed E-state index contributed by atoms with van der Waals surface area (Å²) in [6.45, 7) is 4.02. The Balaban J connectivity index is 1.92. The number of pyridine rings is 1. The quantitative estimate of drug-likeness (QED) is 0.750. The molecule has 1 N–H and O–H groups in total. The van der Waals surface area contributed by atoms with Crippen molar-refractivity contribution < 1.29 is 0 Å². The predicted molar refractivity (Wildman–Crippen MR) is 109 cm³/mol. The molecule has 132 valence electrons. The number of fused-ring (bicyclic) bond motifs is 1. The second-order valence-corrected chi connectivity index (χ2v) is 7.27. The SMILES string of the molecule is Cc1cc2cc(/C(=C3\CCCN(C)C3)c3ccccc3)ccc2[nH]c1=O. The summed E-state index contributed by atoms with van der Waals surface area (Å²) in [6, 6.07) is 19.0. The number of hydrogen-bond acceptors (Lipinski definition) is 2. The van der Waals surface area contributed by atoms with Gasteiger partial charge < -0.3 is 9.88 Å². The lowest BCUT2D eigenvalue weighted by Crippen LogP contribution is -2.27. The first-order chi connectivity index (χ1) is 12.6. The first-order valence-electron chi connectivity index (χ1n) is 9.22. The van der Waals surface area contributed by atoms with Gasteiger partial charge in [0.15, 0.2) is 0 Å². The number of likely N-dealkylation sites (tertiary alicyclic amines) is 1. The van der Waals surface area contributed by atoms with Crippen LogP contribution in [0, 0.1) is 6.92 Å². The summed E-state index contributed by atoms with van der Waals surface area (Å²) in [5.74, 6) is 0. The second-order valence-electron chi connectivity index (χ2n) is 7.27. The van der Waals surface area contributed by atoms with Gasteiger partial charge >= 0.3 is 0 Å². The number of benzene rings is 2. The molecule has 1 aliphatic rings. The number of nitrogens with zero attached hydrogens (tertiary/aromatic N) is 1. The smallest absolute Gasteiger partial charge is 0.251 e. The molecule has 0 radical (unpaired) electrons. The minimum atomic E-state index is -0.0132. The number of aromatic nitrogens is 1. The Hall–Kier alpha value is -2.65. The average Bonchev–Trinajstić information content (AvgIpc) is 2.64. The topological polar surface area (TPSA) is 36.1 Å². The summed E-state index contributed by atoms with van der Waals surface area (Å²) in [7, 11) is 2.19. The van der Waals surface area contributed by atoms with Crippen molar-refractivity contribution in [3.63, 3.8) is 0 Å². The third-order valence-corrected chi connectivity index (χ3v) is 5.21. The molecule has 3 nitrogen and oxygen atoms in total. The van der Waals surface area contributed by atoms with Gasteiger partial charge in [-0.15, -0.1) is 0 Å². The number of rotatable bonds is 2. The van der Waals surface area contributed by atoms with Crippen molar-refractivity contribution in [1.29, 1.82) is 0 Å². The van der Waals surface area contributed by atoms with Gasteiger partial charge in [0.25, 0.3) is 5.56 Å². The van der Waals surface area contributed by atoms with Gasteiger partial charge in [0.2, 0.25) is 0 Å². The van der Waals surface area contributed by atoms with Crippen molar-refractivity contribution in [2.24, 2.45) is 0 Å². The number of nitrogens with one attached hydrogen (secondary N) is 1. The molecule has 0 spiro atoms. The van der Waals surface area contributed by atoms with E-state index in [0.717, 1.165) is 36.0 Å². The van der Waals surface area contributed by atoms with Gasteiger partial charge in [0.05, 0.1) is 0 Å². The molecule has 0 unspecified atom stereocenters. The van der Waals surface area contributed by atoms with Crippen LogP contribution in [0.1, 0.15) is 29.5 Å². The highest BCUT2D eigenvalue weighted by atomic mass is 16.1. The molecule has 2 heterocycles. The van der Waals surface area contributed by atoms with E-state index in [4.69, 9.17) is 0 Å². The van der Waals surface area contributed by atoms with Crippen LogP contribution < -0.4 is 5.56 Å². The average molecular weight is 344 g/mol. The fourth-order valence-electron chi connectivity index (χ4n) is 3.90. The Morgan fingerprint density at radius 3 is 2.62 bits per heavy atom. The van der Waals surface area contributed by atoms with Gasteiger partial charge in [-0.1, -0.05) is 36.4 Å². The minimum absolute atomic E-state index is 0.0132. The summed E-state index contributed by atoms with van der Waals surface area (Å²) in [5, 5.41) is 1.08. The molecule has 4 rings (SSSR count). The number of piperidine rings is 1. The standard InChI is InChI=1S/C23H24N2O/c1-16-13-20-14-18(10-11-21(20)24-23(16)26)22(17-7-4-3-5-8-17)19-9-6-12-25(2)15-19/h3-5,7-8,10-11,13-14H,6,9,12,15H2,1-2H3,(H,24,26)/b22-19+. The Morgan fingerprint density at radius 1 is 1.04 bits per heavy atom. The van der Waals surface area contributed by atoms with Crippen LogP contribution in [0.3, 0.4) is 0 Å². The first-order valence-corrected chi connectivity index (χ1v) is 9.22. The van der Waals surface area contributed by atoms with Crippen LogP contribution in [0.5, 0.6) is 0 Å². The van der Waals surface area contributed by atoms with E-state index in [1.165, 1.54) is 28.7 Å². The van der Waals surface area contributed by atoms with Crippen LogP contribution in [-0.2, 0) is 0 Å². The highest BCUT2D eigenvalue weighted by molar-refractivity contribution is 5.89. The molecule has 1 fully saturated rings. The molecular formula is C23H24N2O. The molecule has 3 heteroatoms. The molecule has 2 aromatic carbocycles. The molecule has 1 saturated heterocycles. The van der Waals surface area contributed by atoms with E-state index in [1.54, 1.807) is 0 Å². The fraction of sp³-hybridized carbons (Fsp3) is 0.261. The van der Waals surface area contributed by atoms with Crippen molar-refractivity contribution in [2.45, 2.75) is 19.8 Å². The zero-order chi connectivity index (χ0) is 18.1. The molecule has 1 aromatic heterocycles. The van der Waals surface area contributed by atoms with E-state index in [-0.39, 0.29) is 5.56 Å². The molecule has 0 amide bonds. The lowest BCUT2D eigenvalue weighted by Gasteiger charge is -2.27. The van der Waals surface area contributed by atoms with Crippen LogP contribution in [-0.4, -0.2) is 30.0 Å².